The molecule has 276 valence electrons. The Kier molecular flexibility index (Phi) is 57.5. The van der Waals surface area contributed by atoms with Crippen molar-refractivity contribution in [3.63, 3.8) is 0 Å². The van der Waals surface area contributed by atoms with E-state index in [1.807, 2.05) is 0 Å². The van der Waals surface area contributed by atoms with Gasteiger partial charge in [-0.1, -0.05) is 107 Å². The molecule has 0 aliphatic heterocycles. The Labute approximate surface area is 296 Å². The maximum Gasteiger partial charge on any atom is 0.676 e. The maximum absolute atomic E-state index is 10.2. The van der Waals surface area contributed by atoms with Gasteiger partial charge in [-0.2, -0.15) is 0 Å². The predicted molar refractivity (Wildman–Crippen MR) is 185 cm³/mol. The van der Waals surface area contributed by atoms with Crippen molar-refractivity contribution in [2.75, 3.05) is 52.9 Å². The van der Waals surface area contributed by atoms with E-state index in [1.165, 1.54) is 0 Å². The molecule has 0 saturated carbocycles. The number of aliphatic hydroxyl groups excluding tert-OH is 2. The standard InChI is InChI=1S/2C12H28O4Si.2C4H10O.Ti/c2*1-4-7-10-14-17(13,15-11-8-5-2)16-12-9-6-3;2*1-2-3-4-5;/h2*13H,4-12H2,1-3H3;2*5H,2-4H2,1H3;. The fraction of sp³-hybridized carbons (Fsp3) is 1.00. The van der Waals surface area contributed by atoms with Crippen molar-refractivity contribution in [3.8, 4) is 0 Å². The zero-order valence-corrected chi connectivity index (χ0v) is 34.3. The molecule has 0 rings (SSSR count). The molecule has 13 heteroatoms. The van der Waals surface area contributed by atoms with E-state index >= 15 is 0 Å². The molecule has 10 nitrogen and oxygen atoms in total. The van der Waals surface area contributed by atoms with E-state index in [4.69, 9.17) is 36.8 Å². The summed E-state index contributed by atoms with van der Waals surface area (Å²) in [4.78, 5) is 20.3. The van der Waals surface area contributed by atoms with E-state index in [1.54, 1.807) is 0 Å². The van der Waals surface area contributed by atoms with Crippen LogP contribution in [-0.4, -0.2) is 90.8 Å². The van der Waals surface area contributed by atoms with Gasteiger partial charge >= 0.3 is 18.1 Å². The van der Waals surface area contributed by atoms with Gasteiger partial charge in [0.2, 0.25) is 0 Å². The summed E-state index contributed by atoms with van der Waals surface area (Å²) >= 11 is 0. The fourth-order valence-electron chi connectivity index (χ4n) is 2.64. The average molecular weight is 725 g/mol. The molecule has 0 saturated heterocycles. The molecule has 0 atom stereocenters. The normalized spacial score (nSPS) is 10.9. The van der Waals surface area contributed by atoms with Gasteiger partial charge in [0.1, 0.15) is 0 Å². The van der Waals surface area contributed by atoms with Gasteiger partial charge in [0, 0.05) is 74.6 Å². The van der Waals surface area contributed by atoms with Crippen LogP contribution in [-0.2, 0) is 48.3 Å². The van der Waals surface area contributed by atoms with Crippen molar-refractivity contribution < 1.29 is 68.1 Å². The van der Waals surface area contributed by atoms with Crippen LogP contribution in [0.15, 0.2) is 0 Å². The van der Waals surface area contributed by atoms with Gasteiger partial charge in [-0.15, -0.1) is 0 Å². The first-order valence-electron chi connectivity index (χ1n) is 17.7. The predicted octanol–water partition coefficient (Wildman–Crippen LogP) is 7.28. The van der Waals surface area contributed by atoms with E-state index < -0.39 is 18.1 Å². The van der Waals surface area contributed by atoms with Crippen LogP contribution >= 0.6 is 0 Å². The Morgan fingerprint density at radius 3 is 0.578 bits per heavy atom. The Balaban J connectivity index is -0.000000179. The number of hydrogen-bond donors (Lipinski definition) is 4. The van der Waals surface area contributed by atoms with Crippen molar-refractivity contribution in [1.82, 2.24) is 0 Å². The third-order valence-electron chi connectivity index (χ3n) is 5.72. The Hall–Kier alpha value is 0.748. The Morgan fingerprint density at radius 1 is 0.333 bits per heavy atom. The molecule has 0 unspecified atom stereocenters. The topological polar surface area (TPSA) is 136 Å². The SMILES string of the molecule is CCCCO.CCCCO.CCCCO[Si](O)(OCCCC)OCCCC.CCCCO[Si](O)(OCCCC)OCCCC.[Ti]. The zero-order valence-electron chi connectivity index (χ0n) is 30.7. The van der Waals surface area contributed by atoms with E-state index in [9.17, 15) is 9.59 Å². The summed E-state index contributed by atoms with van der Waals surface area (Å²) < 4.78 is 32.5. The second-order valence-electron chi connectivity index (χ2n) is 10.4. The van der Waals surface area contributed by atoms with Crippen molar-refractivity contribution in [2.45, 2.75) is 158 Å². The van der Waals surface area contributed by atoms with Crippen molar-refractivity contribution in [2.24, 2.45) is 0 Å². The Morgan fingerprint density at radius 2 is 0.489 bits per heavy atom. The molecule has 0 radical (unpaired) electrons. The maximum atomic E-state index is 10.2. The molecule has 0 fully saturated rings. The van der Waals surface area contributed by atoms with Crippen LogP contribution in [0.2, 0.25) is 0 Å². The molecular weight excluding hydrogens is 648 g/mol. The summed E-state index contributed by atoms with van der Waals surface area (Å²) in [6.45, 7) is 20.4. The molecular formula is C32H76O10Si2Ti. The Bertz CT molecular complexity index is 402. The largest absolute Gasteiger partial charge is 0.676 e. The second-order valence-corrected chi connectivity index (χ2v) is 14.2. The quantitative estimate of drug-likeness (QED) is 0.0481. The summed E-state index contributed by atoms with van der Waals surface area (Å²) in [6.07, 6.45) is 15.8. The van der Waals surface area contributed by atoms with Crippen LogP contribution in [0.1, 0.15) is 158 Å². The van der Waals surface area contributed by atoms with Crippen molar-refractivity contribution >= 4 is 18.1 Å². The van der Waals surface area contributed by atoms with E-state index in [0.29, 0.717) is 52.9 Å². The second kappa shape index (κ2) is 46.9. The summed E-state index contributed by atoms with van der Waals surface area (Å²) in [5.41, 5.74) is 0. The van der Waals surface area contributed by atoms with Gasteiger partial charge in [-0.3, -0.25) is 0 Å². The van der Waals surface area contributed by atoms with Crippen molar-refractivity contribution in [3.05, 3.63) is 0 Å². The summed E-state index contributed by atoms with van der Waals surface area (Å²) in [7, 11) is -6.72. The third-order valence-corrected chi connectivity index (χ3v) is 9.13. The van der Waals surface area contributed by atoms with Gasteiger partial charge in [0.25, 0.3) is 0 Å². The minimum atomic E-state index is -3.36. The summed E-state index contributed by atoms with van der Waals surface area (Å²) in [6, 6.07) is 0. The molecule has 0 heterocycles. The minimum absolute atomic E-state index is 0. The van der Waals surface area contributed by atoms with E-state index in [0.717, 1.165) is 103 Å². The summed E-state index contributed by atoms with van der Waals surface area (Å²) in [5, 5.41) is 16.1. The smallest absolute Gasteiger partial charge is 0.396 e. The molecule has 0 aromatic rings. The third kappa shape index (κ3) is 49.2. The monoisotopic (exact) mass is 724 g/mol. The minimum Gasteiger partial charge on any atom is -0.396 e. The number of aliphatic hydroxyl groups is 2. The molecule has 0 aliphatic carbocycles. The molecule has 45 heavy (non-hydrogen) atoms. The van der Waals surface area contributed by atoms with Gasteiger partial charge in [-0.25, -0.2) is 0 Å². The van der Waals surface area contributed by atoms with Crippen molar-refractivity contribution in [1.29, 1.82) is 0 Å². The number of rotatable bonds is 28. The molecule has 0 amide bonds. The number of unbranched alkanes of at least 4 members (excludes halogenated alkanes) is 8. The van der Waals surface area contributed by atoms with Crippen LogP contribution in [0.5, 0.6) is 0 Å². The molecule has 0 spiro atoms. The molecule has 0 aromatic carbocycles. The van der Waals surface area contributed by atoms with Gasteiger partial charge in [-0.05, 0) is 51.4 Å². The first kappa shape index (κ1) is 55.2. The number of hydrogen-bond acceptors (Lipinski definition) is 10. The van der Waals surface area contributed by atoms with Crippen LogP contribution in [0.3, 0.4) is 0 Å². The van der Waals surface area contributed by atoms with Crippen LogP contribution in [0.25, 0.3) is 0 Å². The van der Waals surface area contributed by atoms with Crippen LogP contribution in [0, 0.1) is 0 Å². The average Bonchev–Trinajstić information content (AvgIpc) is 3.00. The van der Waals surface area contributed by atoms with Gasteiger partial charge in [0.15, 0.2) is 0 Å². The molecule has 4 N–H and O–H groups in total. The molecule has 0 aromatic heterocycles. The summed E-state index contributed by atoms with van der Waals surface area (Å²) in [5.74, 6) is 0. The first-order chi connectivity index (χ1) is 21.2. The molecule has 0 aliphatic rings. The van der Waals surface area contributed by atoms with E-state index in [-0.39, 0.29) is 21.7 Å². The van der Waals surface area contributed by atoms with Gasteiger partial charge in [0.05, 0.1) is 0 Å². The first-order valence-corrected chi connectivity index (χ1v) is 21.0. The van der Waals surface area contributed by atoms with Crippen LogP contribution in [0.4, 0.5) is 0 Å². The van der Waals surface area contributed by atoms with Crippen LogP contribution < -0.4 is 0 Å². The van der Waals surface area contributed by atoms with E-state index in [2.05, 4.69) is 55.4 Å². The zero-order chi connectivity index (χ0) is 34.2. The molecule has 0 bridgehead atoms. The van der Waals surface area contributed by atoms with Gasteiger partial charge < -0.3 is 46.4 Å². The fourth-order valence-corrected chi connectivity index (χ4v) is 5.55.